The molecule has 0 heterocycles. The second-order valence-corrected chi connectivity index (χ2v) is 5.19. The highest BCUT2D eigenvalue weighted by Gasteiger charge is 2.08. The number of aliphatic hydroxyl groups is 1. The summed E-state index contributed by atoms with van der Waals surface area (Å²) >= 11 is 6.11. The van der Waals surface area contributed by atoms with Crippen LogP contribution in [0, 0.1) is 0 Å². The Hall–Kier alpha value is -1.71. The van der Waals surface area contributed by atoms with E-state index in [2.05, 4.69) is 6.92 Å². The summed E-state index contributed by atoms with van der Waals surface area (Å²) in [6.45, 7) is 4.45. The van der Waals surface area contributed by atoms with Gasteiger partial charge >= 0.3 is 0 Å². The molecule has 0 aliphatic rings. The lowest BCUT2D eigenvalue weighted by molar-refractivity contribution is 0.199. The molecule has 0 saturated carbocycles. The maximum Gasteiger partial charge on any atom is 0.128 e. The SMILES string of the molecule is CCCOc1ccc(Oc2ccc(C(C)O)c(Cl)c2)cc1. The lowest BCUT2D eigenvalue weighted by Gasteiger charge is -2.11. The molecular formula is C17H19ClO3. The van der Waals surface area contributed by atoms with Crippen LogP contribution in [0.2, 0.25) is 5.02 Å². The fraction of sp³-hybridized carbons (Fsp3) is 0.294. The summed E-state index contributed by atoms with van der Waals surface area (Å²) in [6.07, 6.45) is 0.383. The van der Waals surface area contributed by atoms with Crippen LogP contribution in [-0.4, -0.2) is 11.7 Å². The number of benzene rings is 2. The van der Waals surface area contributed by atoms with Gasteiger partial charge in [-0.1, -0.05) is 24.6 Å². The molecule has 2 rings (SSSR count). The normalized spacial score (nSPS) is 12.0. The second kappa shape index (κ2) is 7.34. The molecule has 0 aromatic heterocycles. The fourth-order valence-electron chi connectivity index (χ4n) is 1.87. The van der Waals surface area contributed by atoms with Gasteiger partial charge in [0.2, 0.25) is 0 Å². The Bertz CT molecular complexity index is 579. The Morgan fingerprint density at radius 3 is 2.24 bits per heavy atom. The quantitative estimate of drug-likeness (QED) is 0.818. The van der Waals surface area contributed by atoms with E-state index in [-0.39, 0.29) is 0 Å². The van der Waals surface area contributed by atoms with Gasteiger partial charge in [0.1, 0.15) is 17.2 Å². The first-order chi connectivity index (χ1) is 10.1. The first-order valence-corrected chi connectivity index (χ1v) is 7.36. The van der Waals surface area contributed by atoms with E-state index in [1.807, 2.05) is 24.3 Å². The van der Waals surface area contributed by atoms with Gasteiger partial charge in [-0.15, -0.1) is 0 Å². The van der Waals surface area contributed by atoms with Crippen LogP contribution in [-0.2, 0) is 0 Å². The van der Waals surface area contributed by atoms with Gasteiger partial charge in [0.15, 0.2) is 0 Å². The monoisotopic (exact) mass is 306 g/mol. The predicted molar refractivity (Wildman–Crippen MR) is 84.4 cm³/mol. The minimum Gasteiger partial charge on any atom is -0.494 e. The van der Waals surface area contributed by atoms with Gasteiger partial charge in [0, 0.05) is 0 Å². The summed E-state index contributed by atoms with van der Waals surface area (Å²) in [7, 11) is 0. The standard InChI is InChI=1S/C17H19ClO3/c1-3-10-20-13-4-6-14(7-5-13)21-15-8-9-16(12(2)19)17(18)11-15/h4-9,11-12,19H,3,10H2,1-2H3. The van der Waals surface area contributed by atoms with Gasteiger partial charge in [0.05, 0.1) is 17.7 Å². The molecule has 0 radical (unpaired) electrons. The third-order valence-electron chi connectivity index (χ3n) is 2.95. The molecule has 0 aliphatic carbocycles. The predicted octanol–water partition coefficient (Wildman–Crippen LogP) is 4.97. The van der Waals surface area contributed by atoms with E-state index in [9.17, 15) is 5.11 Å². The molecule has 2 aromatic carbocycles. The molecule has 112 valence electrons. The van der Waals surface area contributed by atoms with Crippen molar-refractivity contribution in [2.45, 2.75) is 26.4 Å². The Labute approximate surface area is 130 Å². The Balaban J connectivity index is 2.06. The number of aliphatic hydroxyl groups excluding tert-OH is 1. The number of ether oxygens (including phenoxy) is 2. The molecule has 1 atom stereocenters. The Morgan fingerprint density at radius 1 is 1.05 bits per heavy atom. The van der Waals surface area contributed by atoms with Crippen molar-refractivity contribution in [1.82, 2.24) is 0 Å². The van der Waals surface area contributed by atoms with Crippen LogP contribution in [0.3, 0.4) is 0 Å². The van der Waals surface area contributed by atoms with Crippen molar-refractivity contribution < 1.29 is 14.6 Å². The molecule has 1 N–H and O–H groups in total. The minimum absolute atomic E-state index is 0.491. The van der Waals surface area contributed by atoms with E-state index in [0.717, 1.165) is 12.2 Å². The molecule has 2 aromatic rings. The molecular weight excluding hydrogens is 288 g/mol. The average molecular weight is 307 g/mol. The van der Waals surface area contributed by atoms with Crippen LogP contribution >= 0.6 is 11.6 Å². The van der Waals surface area contributed by atoms with E-state index < -0.39 is 6.10 Å². The van der Waals surface area contributed by atoms with Crippen LogP contribution < -0.4 is 9.47 Å². The first kappa shape index (κ1) is 15.7. The summed E-state index contributed by atoms with van der Waals surface area (Å²) < 4.78 is 11.2. The highest BCUT2D eigenvalue weighted by molar-refractivity contribution is 6.31. The highest BCUT2D eigenvalue weighted by Crippen LogP contribution is 2.30. The van der Waals surface area contributed by atoms with Gasteiger partial charge in [-0.2, -0.15) is 0 Å². The van der Waals surface area contributed by atoms with Gasteiger partial charge in [0.25, 0.3) is 0 Å². The summed E-state index contributed by atoms with van der Waals surface area (Å²) in [5.41, 5.74) is 0.687. The summed E-state index contributed by atoms with van der Waals surface area (Å²) in [5.74, 6) is 2.16. The van der Waals surface area contributed by atoms with Crippen molar-refractivity contribution in [2.75, 3.05) is 6.61 Å². The summed E-state index contributed by atoms with van der Waals surface area (Å²) in [5, 5.41) is 10.0. The van der Waals surface area contributed by atoms with Gasteiger partial charge in [-0.25, -0.2) is 0 Å². The molecule has 0 spiro atoms. The second-order valence-electron chi connectivity index (χ2n) is 4.78. The van der Waals surface area contributed by atoms with E-state index in [0.29, 0.717) is 28.7 Å². The molecule has 1 unspecified atom stereocenters. The highest BCUT2D eigenvalue weighted by atomic mass is 35.5. The van der Waals surface area contributed by atoms with Crippen molar-refractivity contribution in [3.8, 4) is 17.2 Å². The van der Waals surface area contributed by atoms with Crippen LogP contribution in [0.5, 0.6) is 17.2 Å². The third kappa shape index (κ3) is 4.38. The van der Waals surface area contributed by atoms with Crippen LogP contribution in [0.4, 0.5) is 0 Å². The first-order valence-electron chi connectivity index (χ1n) is 6.98. The lowest BCUT2D eigenvalue weighted by atomic mass is 10.1. The maximum atomic E-state index is 9.55. The van der Waals surface area contributed by atoms with Crippen molar-refractivity contribution >= 4 is 11.6 Å². The molecule has 4 heteroatoms. The van der Waals surface area contributed by atoms with E-state index in [1.165, 1.54) is 0 Å². The topological polar surface area (TPSA) is 38.7 Å². The van der Waals surface area contributed by atoms with Gasteiger partial charge < -0.3 is 14.6 Å². The van der Waals surface area contributed by atoms with Crippen molar-refractivity contribution in [3.63, 3.8) is 0 Å². The van der Waals surface area contributed by atoms with Crippen molar-refractivity contribution in [2.24, 2.45) is 0 Å². The molecule has 0 amide bonds. The van der Waals surface area contributed by atoms with Crippen LogP contribution in [0.25, 0.3) is 0 Å². The molecule has 21 heavy (non-hydrogen) atoms. The lowest BCUT2D eigenvalue weighted by Crippen LogP contribution is -1.95. The van der Waals surface area contributed by atoms with Gasteiger partial charge in [-0.05, 0) is 55.3 Å². The third-order valence-corrected chi connectivity index (χ3v) is 3.28. The van der Waals surface area contributed by atoms with E-state index >= 15 is 0 Å². The molecule has 0 saturated heterocycles. The zero-order chi connectivity index (χ0) is 15.2. The average Bonchev–Trinajstić information content (AvgIpc) is 2.46. The minimum atomic E-state index is -0.596. The Morgan fingerprint density at radius 2 is 1.67 bits per heavy atom. The Kier molecular flexibility index (Phi) is 5.48. The molecule has 3 nitrogen and oxygen atoms in total. The number of halogens is 1. The number of rotatable bonds is 6. The van der Waals surface area contributed by atoms with E-state index in [4.69, 9.17) is 21.1 Å². The number of hydrogen-bond acceptors (Lipinski definition) is 3. The van der Waals surface area contributed by atoms with Crippen molar-refractivity contribution in [3.05, 3.63) is 53.1 Å². The maximum absolute atomic E-state index is 9.55. The zero-order valence-electron chi connectivity index (χ0n) is 12.2. The smallest absolute Gasteiger partial charge is 0.128 e. The molecule has 0 aliphatic heterocycles. The van der Waals surface area contributed by atoms with Crippen molar-refractivity contribution in [1.29, 1.82) is 0 Å². The molecule has 0 bridgehead atoms. The van der Waals surface area contributed by atoms with E-state index in [1.54, 1.807) is 25.1 Å². The zero-order valence-corrected chi connectivity index (χ0v) is 12.9. The summed E-state index contributed by atoms with van der Waals surface area (Å²) in [6, 6.07) is 12.7. The van der Waals surface area contributed by atoms with Crippen LogP contribution in [0.15, 0.2) is 42.5 Å². The number of hydrogen-bond donors (Lipinski definition) is 1. The largest absolute Gasteiger partial charge is 0.494 e. The molecule has 0 fully saturated rings. The summed E-state index contributed by atoms with van der Waals surface area (Å²) in [4.78, 5) is 0. The fourth-order valence-corrected chi connectivity index (χ4v) is 2.20. The van der Waals surface area contributed by atoms with Crippen LogP contribution in [0.1, 0.15) is 31.9 Å². The van der Waals surface area contributed by atoms with Gasteiger partial charge in [-0.3, -0.25) is 0 Å².